The molecule has 3 N–H and O–H groups in total. The summed E-state index contributed by atoms with van der Waals surface area (Å²) in [5.74, 6) is -0.187. The molecule has 2 aromatic rings. The van der Waals surface area contributed by atoms with E-state index < -0.39 is 0 Å². The Morgan fingerprint density at radius 1 is 1.00 bits per heavy atom. The van der Waals surface area contributed by atoms with Crippen LogP contribution in [0.25, 0.3) is 0 Å². The number of anilines is 1. The van der Waals surface area contributed by atoms with E-state index in [-0.39, 0.29) is 11.5 Å². The molecule has 0 bridgehead atoms. The number of phenolic OH excluding ortho intramolecular Hbond substituents is 2. The predicted octanol–water partition coefficient (Wildman–Crippen LogP) is 2.77. The Morgan fingerprint density at radius 2 is 1.75 bits per heavy atom. The van der Waals surface area contributed by atoms with E-state index in [0.29, 0.717) is 6.54 Å². The Kier molecular flexibility index (Phi) is 4.48. The van der Waals surface area contributed by atoms with E-state index in [1.807, 2.05) is 32.3 Å². The molecule has 0 fully saturated rings. The van der Waals surface area contributed by atoms with Gasteiger partial charge in [-0.1, -0.05) is 24.3 Å². The maximum atomic E-state index is 9.49. The maximum absolute atomic E-state index is 9.49. The van der Waals surface area contributed by atoms with Crippen LogP contribution in [0.3, 0.4) is 0 Å². The van der Waals surface area contributed by atoms with Crippen LogP contribution in [0.5, 0.6) is 11.5 Å². The van der Waals surface area contributed by atoms with Crippen molar-refractivity contribution >= 4 is 5.69 Å². The molecular formula is C16H20N2O2. The molecule has 4 nitrogen and oxygen atoms in total. The third kappa shape index (κ3) is 3.65. The van der Waals surface area contributed by atoms with Crippen LogP contribution < -0.4 is 5.32 Å². The Labute approximate surface area is 119 Å². The first kappa shape index (κ1) is 14.2. The normalized spacial score (nSPS) is 10.8. The molecule has 0 amide bonds. The lowest BCUT2D eigenvalue weighted by Crippen LogP contribution is -2.12. The van der Waals surface area contributed by atoms with Crippen molar-refractivity contribution in [3.05, 3.63) is 53.6 Å². The number of benzene rings is 2. The third-order valence-electron chi connectivity index (χ3n) is 3.03. The van der Waals surface area contributed by atoms with Crippen molar-refractivity contribution in [2.75, 3.05) is 19.4 Å². The fraction of sp³-hybridized carbons (Fsp3) is 0.250. The molecule has 0 spiro atoms. The van der Waals surface area contributed by atoms with Gasteiger partial charge in [0.15, 0.2) is 11.5 Å². The molecule has 20 heavy (non-hydrogen) atoms. The summed E-state index contributed by atoms with van der Waals surface area (Å²) in [6.45, 7) is 1.46. The van der Waals surface area contributed by atoms with Crippen LogP contribution >= 0.6 is 0 Å². The van der Waals surface area contributed by atoms with Gasteiger partial charge in [-0.2, -0.15) is 0 Å². The molecule has 0 radical (unpaired) electrons. The number of nitrogens with one attached hydrogen (secondary N) is 1. The Morgan fingerprint density at radius 3 is 2.45 bits per heavy atom. The summed E-state index contributed by atoms with van der Waals surface area (Å²) >= 11 is 0. The summed E-state index contributed by atoms with van der Waals surface area (Å²) in [6, 6.07) is 13.0. The van der Waals surface area contributed by atoms with E-state index >= 15 is 0 Å². The van der Waals surface area contributed by atoms with Crippen LogP contribution in [0.1, 0.15) is 11.1 Å². The number of para-hydroxylation sites is 1. The standard InChI is InChI=1S/C16H20N2O2/c1-18(2)11-13-5-3-4-6-14(13)17-10-12-7-8-15(19)16(20)9-12/h3-9,17,19-20H,10-11H2,1-2H3. The second-order valence-electron chi connectivity index (χ2n) is 5.07. The molecule has 0 unspecified atom stereocenters. The lowest BCUT2D eigenvalue weighted by Gasteiger charge is -2.15. The molecule has 0 atom stereocenters. The highest BCUT2D eigenvalue weighted by Gasteiger charge is 2.04. The highest BCUT2D eigenvalue weighted by atomic mass is 16.3. The largest absolute Gasteiger partial charge is 0.504 e. The Balaban J connectivity index is 2.08. The zero-order valence-corrected chi connectivity index (χ0v) is 11.8. The smallest absolute Gasteiger partial charge is 0.157 e. The third-order valence-corrected chi connectivity index (χ3v) is 3.03. The van der Waals surface area contributed by atoms with E-state index in [4.69, 9.17) is 0 Å². The number of hydrogen-bond donors (Lipinski definition) is 3. The van der Waals surface area contributed by atoms with Crippen molar-refractivity contribution in [2.45, 2.75) is 13.1 Å². The van der Waals surface area contributed by atoms with Gasteiger partial charge in [-0.25, -0.2) is 0 Å². The molecule has 2 rings (SSSR count). The first-order chi connectivity index (χ1) is 9.56. The van der Waals surface area contributed by atoms with Crippen molar-refractivity contribution in [1.29, 1.82) is 0 Å². The van der Waals surface area contributed by atoms with Crippen LogP contribution in [-0.4, -0.2) is 29.2 Å². The Bertz CT molecular complexity index is 582. The number of hydrogen-bond acceptors (Lipinski definition) is 4. The minimum absolute atomic E-state index is 0.0918. The maximum Gasteiger partial charge on any atom is 0.157 e. The van der Waals surface area contributed by atoms with E-state index in [1.54, 1.807) is 12.1 Å². The monoisotopic (exact) mass is 272 g/mol. The summed E-state index contributed by atoms with van der Waals surface area (Å²) in [4.78, 5) is 2.12. The average molecular weight is 272 g/mol. The summed E-state index contributed by atoms with van der Waals surface area (Å²) in [6.07, 6.45) is 0. The molecule has 0 aromatic heterocycles. The van der Waals surface area contributed by atoms with E-state index in [9.17, 15) is 10.2 Å². The molecular weight excluding hydrogens is 252 g/mol. The van der Waals surface area contributed by atoms with Crippen LogP contribution in [0.15, 0.2) is 42.5 Å². The van der Waals surface area contributed by atoms with Gasteiger partial charge >= 0.3 is 0 Å². The summed E-state index contributed by atoms with van der Waals surface area (Å²) in [7, 11) is 4.07. The first-order valence-electron chi connectivity index (χ1n) is 6.53. The molecule has 0 saturated carbocycles. The second-order valence-corrected chi connectivity index (χ2v) is 5.07. The number of phenols is 2. The highest BCUT2D eigenvalue weighted by Crippen LogP contribution is 2.25. The van der Waals surface area contributed by atoms with Crippen LogP contribution in [-0.2, 0) is 13.1 Å². The molecule has 0 heterocycles. The Hall–Kier alpha value is -2.20. The quantitative estimate of drug-likeness (QED) is 0.733. The van der Waals surface area contributed by atoms with Gasteiger partial charge in [-0.05, 0) is 43.4 Å². The number of nitrogens with zero attached hydrogens (tertiary/aromatic N) is 1. The second kappa shape index (κ2) is 6.30. The SMILES string of the molecule is CN(C)Cc1ccccc1NCc1ccc(O)c(O)c1. The molecule has 0 aliphatic heterocycles. The van der Waals surface area contributed by atoms with Crippen LogP contribution in [0.4, 0.5) is 5.69 Å². The van der Waals surface area contributed by atoms with Gasteiger partial charge in [0.1, 0.15) is 0 Å². The molecule has 2 aromatic carbocycles. The lowest BCUT2D eigenvalue weighted by molar-refractivity contribution is 0.402. The molecule has 4 heteroatoms. The van der Waals surface area contributed by atoms with Gasteiger partial charge < -0.3 is 20.4 Å². The predicted molar refractivity (Wildman–Crippen MR) is 80.9 cm³/mol. The number of aromatic hydroxyl groups is 2. The minimum atomic E-state index is -0.0956. The summed E-state index contributed by atoms with van der Waals surface area (Å²) < 4.78 is 0. The van der Waals surface area contributed by atoms with Crippen LogP contribution in [0.2, 0.25) is 0 Å². The molecule has 106 valence electrons. The van der Waals surface area contributed by atoms with Gasteiger partial charge in [0, 0.05) is 18.8 Å². The zero-order valence-electron chi connectivity index (χ0n) is 11.8. The van der Waals surface area contributed by atoms with Crippen molar-refractivity contribution in [1.82, 2.24) is 4.90 Å². The molecule has 0 aliphatic carbocycles. The molecule has 0 saturated heterocycles. The van der Waals surface area contributed by atoms with Crippen molar-refractivity contribution in [3.63, 3.8) is 0 Å². The van der Waals surface area contributed by atoms with E-state index in [2.05, 4.69) is 16.3 Å². The van der Waals surface area contributed by atoms with Gasteiger partial charge in [-0.15, -0.1) is 0 Å². The fourth-order valence-corrected chi connectivity index (χ4v) is 2.05. The number of rotatable bonds is 5. The zero-order chi connectivity index (χ0) is 14.5. The van der Waals surface area contributed by atoms with Crippen molar-refractivity contribution in [2.24, 2.45) is 0 Å². The van der Waals surface area contributed by atoms with Gasteiger partial charge in [0.05, 0.1) is 0 Å². The highest BCUT2D eigenvalue weighted by molar-refractivity contribution is 5.52. The van der Waals surface area contributed by atoms with Crippen LogP contribution in [0, 0.1) is 0 Å². The fourth-order valence-electron chi connectivity index (χ4n) is 2.05. The van der Waals surface area contributed by atoms with Crippen molar-refractivity contribution in [3.8, 4) is 11.5 Å². The molecule has 0 aliphatic rings. The van der Waals surface area contributed by atoms with E-state index in [1.165, 1.54) is 11.6 Å². The van der Waals surface area contributed by atoms with Gasteiger partial charge in [0.25, 0.3) is 0 Å². The average Bonchev–Trinajstić information content (AvgIpc) is 2.41. The van der Waals surface area contributed by atoms with Gasteiger partial charge in [-0.3, -0.25) is 0 Å². The van der Waals surface area contributed by atoms with Gasteiger partial charge in [0.2, 0.25) is 0 Å². The summed E-state index contributed by atoms with van der Waals surface area (Å²) in [5, 5.41) is 22.1. The topological polar surface area (TPSA) is 55.7 Å². The van der Waals surface area contributed by atoms with E-state index in [0.717, 1.165) is 17.8 Å². The first-order valence-corrected chi connectivity index (χ1v) is 6.53. The lowest BCUT2D eigenvalue weighted by atomic mass is 10.1. The minimum Gasteiger partial charge on any atom is -0.504 e. The summed E-state index contributed by atoms with van der Waals surface area (Å²) in [5.41, 5.74) is 3.22. The van der Waals surface area contributed by atoms with Crippen molar-refractivity contribution < 1.29 is 10.2 Å².